The van der Waals surface area contributed by atoms with Gasteiger partial charge in [0, 0.05) is 18.8 Å². The minimum Gasteiger partial charge on any atom is -0.346 e. The summed E-state index contributed by atoms with van der Waals surface area (Å²) in [5, 5.41) is 7.06. The molecule has 0 atom stereocenters. The van der Waals surface area contributed by atoms with Gasteiger partial charge >= 0.3 is 0 Å². The summed E-state index contributed by atoms with van der Waals surface area (Å²) in [4.78, 5) is 24.4. The first kappa shape index (κ1) is 14.8. The van der Waals surface area contributed by atoms with Crippen molar-refractivity contribution in [3.63, 3.8) is 0 Å². The highest BCUT2D eigenvalue weighted by molar-refractivity contribution is 6.43. The Morgan fingerprint density at radius 3 is 2.30 bits per heavy atom. The van der Waals surface area contributed by atoms with Gasteiger partial charge in [0.25, 0.3) is 11.7 Å². The van der Waals surface area contributed by atoms with E-state index in [-0.39, 0.29) is 6.04 Å². The molecule has 1 saturated carbocycles. The third-order valence-corrected chi connectivity index (χ3v) is 4.29. The van der Waals surface area contributed by atoms with Crippen LogP contribution in [0.2, 0.25) is 0 Å². The summed E-state index contributed by atoms with van der Waals surface area (Å²) < 4.78 is 1.64. The number of Topliss-reactive ketones (excluding diaryl/α,β-unsaturated/α-hetero) is 1. The molecule has 0 aromatic carbocycles. The average Bonchev–Trinajstić information content (AvgIpc) is 2.65. The molecule has 1 heterocycles. The molecular formula is C15H23N3O2. The van der Waals surface area contributed by atoms with E-state index < -0.39 is 11.7 Å². The number of hydrogen-bond acceptors (Lipinski definition) is 3. The Kier molecular flexibility index (Phi) is 4.26. The third-order valence-electron chi connectivity index (χ3n) is 4.29. The molecule has 1 aliphatic rings. The molecule has 1 aliphatic carbocycles. The number of carbonyl (C=O) groups excluding carboxylic acids is 2. The summed E-state index contributed by atoms with van der Waals surface area (Å²) >= 11 is 0. The van der Waals surface area contributed by atoms with E-state index >= 15 is 0 Å². The van der Waals surface area contributed by atoms with E-state index in [1.807, 2.05) is 6.92 Å². The maximum atomic E-state index is 12.3. The van der Waals surface area contributed by atoms with Gasteiger partial charge in [0.1, 0.15) is 0 Å². The zero-order valence-corrected chi connectivity index (χ0v) is 12.7. The molecule has 1 aromatic rings. The molecule has 0 aliphatic heterocycles. The monoisotopic (exact) mass is 277 g/mol. The maximum absolute atomic E-state index is 12.3. The Balaban J connectivity index is 2.04. The first-order chi connectivity index (χ1) is 9.40. The molecule has 1 aromatic heterocycles. The molecule has 110 valence electrons. The summed E-state index contributed by atoms with van der Waals surface area (Å²) in [6.07, 6.45) is 4.16. The zero-order valence-electron chi connectivity index (χ0n) is 12.7. The molecule has 5 nitrogen and oxygen atoms in total. The molecule has 2 rings (SSSR count). The van der Waals surface area contributed by atoms with Gasteiger partial charge in [-0.2, -0.15) is 5.10 Å². The van der Waals surface area contributed by atoms with E-state index in [4.69, 9.17) is 0 Å². The summed E-state index contributed by atoms with van der Waals surface area (Å²) in [7, 11) is 1.78. The van der Waals surface area contributed by atoms with Crippen LogP contribution < -0.4 is 5.32 Å². The van der Waals surface area contributed by atoms with Crippen LogP contribution in [0.1, 0.15) is 54.4 Å². The Labute approximate surface area is 119 Å². The highest BCUT2D eigenvalue weighted by Gasteiger charge is 2.27. The van der Waals surface area contributed by atoms with Crippen molar-refractivity contribution >= 4 is 11.7 Å². The highest BCUT2D eigenvalue weighted by atomic mass is 16.2. The van der Waals surface area contributed by atoms with Crippen molar-refractivity contribution in [1.82, 2.24) is 15.1 Å². The van der Waals surface area contributed by atoms with Crippen molar-refractivity contribution in [3.8, 4) is 0 Å². The van der Waals surface area contributed by atoms with Crippen molar-refractivity contribution in [3.05, 3.63) is 17.0 Å². The fourth-order valence-corrected chi connectivity index (χ4v) is 2.87. The number of ketones is 1. The van der Waals surface area contributed by atoms with E-state index in [9.17, 15) is 9.59 Å². The Morgan fingerprint density at radius 2 is 1.80 bits per heavy atom. The molecule has 5 heteroatoms. The van der Waals surface area contributed by atoms with Crippen LogP contribution in [0.25, 0.3) is 0 Å². The largest absolute Gasteiger partial charge is 0.346 e. The molecule has 1 amide bonds. The number of aromatic nitrogens is 2. The van der Waals surface area contributed by atoms with Gasteiger partial charge in [0.05, 0.1) is 11.3 Å². The fraction of sp³-hybridized carbons (Fsp3) is 0.667. The predicted molar refractivity (Wildman–Crippen MR) is 76.6 cm³/mol. The second kappa shape index (κ2) is 5.77. The van der Waals surface area contributed by atoms with E-state index in [1.54, 1.807) is 18.7 Å². The van der Waals surface area contributed by atoms with Crippen LogP contribution in [0.4, 0.5) is 0 Å². The summed E-state index contributed by atoms with van der Waals surface area (Å²) in [5.74, 6) is -0.239. The van der Waals surface area contributed by atoms with Crippen molar-refractivity contribution in [1.29, 1.82) is 0 Å². The molecule has 20 heavy (non-hydrogen) atoms. The van der Waals surface area contributed by atoms with Gasteiger partial charge in [-0.1, -0.05) is 6.92 Å². The van der Waals surface area contributed by atoms with Crippen molar-refractivity contribution in [2.24, 2.45) is 13.0 Å². The van der Waals surface area contributed by atoms with Crippen LogP contribution in [0.15, 0.2) is 0 Å². The summed E-state index contributed by atoms with van der Waals surface area (Å²) in [6.45, 7) is 5.80. The highest BCUT2D eigenvalue weighted by Crippen LogP contribution is 2.23. The number of nitrogens with one attached hydrogen (secondary N) is 1. The number of amides is 1. The molecular weight excluding hydrogens is 254 g/mol. The predicted octanol–water partition coefficient (Wildman–Crippen LogP) is 1.91. The summed E-state index contributed by atoms with van der Waals surface area (Å²) in [5.41, 5.74) is 1.79. The normalized spacial score (nSPS) is 22.6. The minimum atomic E-state index is -0.497. The molecule has 0 unspecified atom stereocenters. The number of carbonyl (C=O) groups is 2. The van der Waals surface area contributed by atoms with Crippen LogP contribution in [0, 0.1) is 19.8 Å². The first-order valence-corrected chi connectivity index (χ1v) is 7.25. The maximum Gasteiger partial charge on any atom is 0.292 e. The smallest absolute Gasteiger partial charge is 0.292 e. The van der Waals surface area contributed by atoms with Gasteiger partial charge in [-0.3, -0.25) is 14.3 Å². The van der Waals surface area contributed by atoms with E-state index in [2.05, 4.69) is 17.3 Å². The van der Waals surface area contributed by atoms with Gasteiger partial charge < -0.3 is 5.32 Å². The lowest BCUT2D eigenvalue weighted by Gasteiger charge is -2.26. The number of rotatable bonds is 3. The van der Waals surface area contributed by atoms with Crippen LogP contribution in [0.3, 0.4) is 0 Å². The fourth-order valence-electron chi connectivity index (χ4n) is 2.87. The Morgan fingerprint density at radius 1 is 1.20 bits per heavy atom. The molecule has 0 spiro atoms. The SMILES string of the molecule is Cc1nn(C)c(C)c1C(=O)C(=O)NC1CCC(C)CC1. The van der Waals surface area contributed by atoms with Crippen LogP contribution in [-0.4, -0.2) is 27.5 Å². The van der Waals surface area contributed by atoms with E-state index in [1.165, 1.54) is 0 Å². The Bertz CT molecular complexity index is 525. The van der Waals surface area contributed by atoms with Crippen LogP contribution in [0.5, 0.6) is 0 Å². The molecule has 0 bridgehead atoms. The van der Waals surface area contributed by atoms with E-state index in [0.29, 0.717) is 11.3 Å². The Hall–Kier alpha value is -1.65. The van der Waals surface area contributed by atoms with Gasteiger partial charge in [-0.05, 0) is 45.4 Å². The van der Waals surface area contributed by atoms with Gasteiger partial charge in [-0.25, -0.2) is 0 Å². The van der Waals surface area contributed by atoms with Gasteiger partial charge in [-0.15, -0.1) is 0 Å². The minimum absolute atomic E-state index is 0.139. The average molecular weight is 277 g/mol. The molecule has 1 N–H and O–H groups in total. The van der Waals surface area contributed by atoms with E-state index in [0.717, 1.165) is 37.3 Å². The van der Waals surface area contributed by atoms with Crippen molar-refractivity contribution < 1.29 is 9.59 Å². The second-order valence-electron chi connectivity index (χ2n) is 5.93. The van der Waals surface area contributed by atoms with Crippen molar-refractivity contribution in [2.45, 2.75) is 52.5 Å². The molecule has 0 radical (unpaired) electrons. The van der Waals surface area contributed by atoms with Crippen LogP contribution in [-0.2, 0) is 11.8 Å². The standard InChI is InChI=1S/C15H23N3O2/c1-9-5-7-12(8-6-9)16-15(20)14(19)13-10(2)17-18(4)11(13)3/h9,12H,5-8H2,1-4H3,(H,16,20). The lowest BCUT2D eigenvalue weighted by atomic mass is 9.87. The summed E-state index contributed by atoms with van der Waals surface area (Å²) in [6, 6.07) is 0.139. The zero-order chi connectivity index (χ0) is 14.9. The lowest BCUT2D eigenvalue weighted by Crippen LogP contribution is -2.41. The van der Waals surface area contributed by atoms with Crippen molar-refractivity contribution in [2.75, 3.05) is 0 Å². The molecule has 1 fully saturated rings. The molecule has 0 saturated heterocycles. The second-order valence-corrected chi connectivity index (χ2v) is 5.93. The topological polar surface area (TPSA) is 64.0 Å². The van der Waals surface area contributed by atoms with Crippen LogP contribution >= 0.6 is 0 Å². The quantitative estimate of drug-likeness (QED) is 0.678. The number of aryl methyl sites for hydroxylation is 2. The third kappa shape index (κ3) is 2.92. The number of nitrogens with zero attached hydrogens (tertiary/aromatic N) is 2. The lowest BCUT2D eigenvalue weighted by molar-refractivity contribution is -0.117. The number of hydrogen-bond donors (Lipinski definition) is 1. The van der Waals surface area contributed by atoms with Gasteiger partial charge in [0.15, 0.2) is 0 Å². The van der Waals surface area contributed by atoms with Gasteiger partial charge in [0.2, 0.25) is 0 Å². The first-order valence-electron chi connectivity index (χ1n) is 7.25.